The van der Waals surface area contributed by atoms with E-state index in [9.17, 15) is 30.6 Å². The molecule has 0 aliphatic rings. The highest BCUT2D eigenvalue weighted by Crippen LogP contribution is 2.46. The summed E-state index contributed by atoms with van der Waals surface area (Å²) in [5, 5.41) is 65.5. The van der Waals surface area contributed by atoms with Crippen molar-refractivity contribution in [1.82, 2.24) is 0 Å². The highest BCUT2D eigenvalue weighted by molar-refractivity contribution is 5.88. The van der Waals surface area contributed by atoms with Gasteiger partial charge in [0.1, 0.15) is 0 Å². The summed E-state index contributed by atoms with van der Waals surface area (Å²) in [6, 6.07) is 40.7. The van der Waals surface area contributed by atoms with Gasteiger partial charge in [-0.15, -0.1) is 0 Å². The van der Waals surface area contributed by atoms with Crippen LogP contribution in [0.1, 0.15) is 417 Å². The predicted molar refractivity (Wildman–Crippen MR) is 483 cm³/mol. The van der Waals surface area contributed by atoms with Crippen LogP contribution in [-0.4, -0.2) is 30.6 Å². The van der Waals surface area contributed by atoms with E-state index < -0.39 is 33.6 Å². The van der Waals surface area contributed by atoms with Gasteiger partial charge in [-0.2, -0.15) is 0 Å². The lowest BCUT2D eigenvalue weighted by Gasteiger charge is -2.37. The molecular formula is C104H166O6. The van der Waals surface area contributed by atoms with Gasteiger partial charge in [-0.3, -0.25) is 0 Å². The molecule has 0 radical (unpaired) electrons. The molecule has 7 aromatic rings. The van der Waals surface area contributed by atoms with Crippen molar-refractivity contribution < 1.29 is 30.6 Å². The average molecular weight is 1510 g/mol. The largest absolute Gasteiger partial charge is 0.386 e. The molecular weight excluding hydrogens is 1350 g/mol. The maximum absolute atomic E-state index is 10.9. The van der Waals surface area contributed by atoms with Crippen LogP contribution in [0.25, 0.3) is 10.8 Å². The van der Waals surface area contributed by atoms with Crippen molar-refractivity contribution in [3.63, 3.8) is 0 Å². The van der Waals surface area contributed by atoms with E-state index in [0.717, 1.165) is 44.3 Å². The molecule has 6 heteroatoms. The van der Waals surface area contributed by atoms with E-state index in [0.29, 0.717) is 0 Å². The topological polar surface area (TPSA) is 121 Å². The Hall–Kier alpha value is -5.44. The summed E-state index contributed by atoms with van der Waals surface area (Å²) in [5.74, 6) is 0. The Morgan fingerprint density at radius 1 is 0.182 bits per heavy atom. The molecule has 6 N–H and O–H groups in total. The maximum Gasteiger partial charge on any atom is 0.0849 e. The molecule has 0 amide bonds. The fourth-order valence-electron chi connectivity index (χ4n) is 14.8. The standard InChI is InChI=1S/C21H36O.C18H30O.C17H22O.2C17H28O.C14H22O/c1-18(2,3)14-12-15(19(4,5)6)17(21(10,11)22)16(13-14)20(7,8)9;1-12-10-13(16(2,3)4)15(18(8,9)19)14(11-12)17(5,6)7;1-16(2,3)14-11-10-12-8-6-7-9-13(12)15(14)17(4,5)18;1-15(2,3)12-9-10-13(17(7,8)18)14(11-12)16(4,5)6;1-15(2,3)12-10-9-11-13(16(4,5)6)14(12)17(7,8)18;1-10-8-7-9-11(13(2,3)4)12(10)14(5,6)15/h12-13,22H,1-11H3;10-11,19H,1-9H3;6-11,18H,1-5H3;2*9-11,18H,1-8H3;7-9,15H,1-6H3. The zero-order chi connectivity index (χ0) is 87.1. The first-order chi connectivity index (χ1) is 48.2. The molecule has 0 fully saturated rings. The van der Waals surface area contributed by atoms with Crippen LogP contribution in [0, 0.1) is 13.8 Å². The second kappa shape index (κ2) is 34.2. The predicted octanol–water partition coefficient (Wildman–Crippen LogP) is 27.5. The van der Waals surface area contributed by atoms with E-state index in [1.807, 2.05) is 95.2 Å². The number of aryl methyl sites for hydroxylation is 2. The number of rotatable bonds is 6. The molecule has 110 heavy (non-hydrogen) atoms. The van der Waals surface area contributed by atoms with E-state index in [2.05, 4.69) is 345 Å². The van der Waals surface area contributed by atoms with Crippen molar-refractivity contribution in [3.05, 3.63) is 221 Å². The number of fused-ring (bicyclic) bond motifs is 1. The minimum atomic E-state index is -0.846. The summed E-state index contributed by atoms with van der Waals surface area (Å²) >= 11 is 0. The second-order valence-corrected chi connectivity index (χ2v) is 46.5. The summed E-state index contributed by atoms with van der Waals surface area (Å²) < 4.78 is 0. The summed E-state index contributed by atoms with van der Waals surface area (Å²) in [7, 11) is 0. The summed E-state index contributed by atoms with van der Waals surface area (Å²) in [4.78, 5) is 0. The average Bonchev–Trinajstić information content (AvgIpc) is 0.768. The molecule has 0 unspecified atom stereocenters. The minimum Gasteiger partial charge on any atom is -0.386 e. The summed E-state index contributed by atoms with van der Waals surface area (Å²) in [6.45, 7) is 99.7. The number of hydrogen-bond donors (Lipinski definition) is 6. The third kappa shape index (κ3) is 28.2. The Morgan fingerprint density at radius 3 is 0.718 bits per heavy atom. The SMILES string of the molecule is CC(C)(C)c1cc(C(C)(C)C)c(C(C)(C)O)c(C(C)(C)C)c1.CC(C)(C)c1ccc(C(C)(C)O)c(C(C)(C)C)c1.CC(C)(C)c1ccc2ccccc2c1C(C)(C)O.CC(C)(C)c1cccc(C(C)(C)C)c1C(C)(C)O.Cc1cc(C(C)(C)C)c(C(C)(C)O)c(C(C)(C)C)c1.Cc1cccc(C(C)(C)C)c1C(C)(C)O. The molecule has 7 aromatic carbocycles. The number of benzene rings is 7. The number of hydrogen-bond acceptors (Lipinski definition) is 6. The molecule has 618 valence electrons. The van der Waals surface area contributed by atoms with Gasteiger partial charge in [-0.05, 0) is 267 Å². The van der Waals surface area contributed by atoms with Gasteiger partial charge in [0, 0.05) is 0 Å². The second-order valence-electron chi connectivity index (χ2n) is 46.5. The fourth-order valence-corrected chi connectivity index (χ4v) is 14.8. The molecule has 0 saturated heterocycles. The van der Waals surface area contributed by atoms with Crippen molar-refractivity contribution >= 4 is 10.8 Å². The lowest BCUT2D eigenvalue weighted by Crippen LogP contribution is -2.31. The highest BCUT2D eigenvalue weighted by atomic mass is 16.3. The van der Waals surface area contributed by atoms with Gasteiger partial charge in [0.25, 0.3) is 0 Å². The highest BCUT2D eigenvalue weighted by Gasteiger charge is 2.38. The van der Waals surface area contributed by atoms with Crippen molar-refractivity contribution in [2.75, 3.05) is 0 Å². The van der Waals surface area contributed by atoms with Crippen LogP contribution in [0.4, 0.5) is 0 Å². The first-order valence-electron chi connectivity index (χ1n) is 40.9. The van der Waals surface area contributed by atoms with Crippen LogP contribution in [0.15, 0.2) is 115 Å². The van der Waals surface area contributed by atoms with Crippen molar-refractivity contribution in [2.45, 2.75) is 419 Å². The van der Waals surface area contributed by atoms with Crippen LogP contribution in [0.3, 0.4) is 0 Å². The first-order valence-corrected chi connectivity index (χ1v) is 40.9. The Bertz CT molecular complexity index is 4050. The first kappa shape index (κ1) is 101. The lowest BCUT2D eigenvalue weighted by molar-refractivity contribution is 0.0739. The van der Waals surface area contributed by atoms with Crippen LogP contribution in [-0.2, 0) is 93.2 Å². The molecule has 0 aromatic heterocycles. The van der Waals surface area contributed by atoms with Crippen LogP contribution < -0.4 is 0 Å². The molecule has 0 bridgehead atoms. The van der Waals surface area contributed by atoms with Gasteiger partial charge in [0.2, 0.25) is 0 Å². The van der Waals surface area contributed by atoms with Crippen molar-refractivity contribution in [2.24, 2.45) is 0 Å². The molecule has 0 aliphatic heterocycles. The summed E-state index contributed by atoms with van der Waals surface area (Å²) in [6.07, 6.45) is 0. The van der Waals surface area contributed by atoms with E-state index in [-0.39, 0.29) is 59.6 Å². The fraction of sp³-hybridized carbons (Fsp3) is 0.615. The lowest BCUT2D eigenvalue weighted by atomic mass is 9.69. The van der Waals surface area contributed by atoms with E-state index in [1.54, 1.807) is 0 Å². The normalized spacial score (nSPS) is 13.7. The molecule has 0 spiro atoms. The van der Waals surface area contributed by atoms with Gasteiger partial charge < -0.3 is 30.6 Å². The molecule has 0 saturated carbocycles. The maximum atomic E-state index is 10.9. The van der Waals surface area contributed by atoms with Gasteiger partial charge in [-0.1, -0.05) is 349 Å². The van der Waals surface area contributed by atoms with Crippen molar-refractivity contribution in [3.8, 4) is 0 Å². The molecule has 7 rings (SSSR count). The van der Waals surface area contributed by atoms with Crippen LogP contribution >= 0.6 is 0 Å². The minimum absolute atomic E-state index is 0.00338. The van der Waals surface area contributed by atoms with Crippen molar-refractivity contribution in [1.29, 1.82) is 0 Å². The quantitative estimate of drug-likeness (QED) is 0.0987. The Labute approximate surface area is 677 Å². The van der Waals surface area contributed by atoms with E-state index in [1.165, 1.54) is 72.1 Å². The van der Waals surface area contributed by atoms with Gasteiger partial charge in [-0.25, -0.2) is 0 Å². The third-order valence-electron chi connectivity index (χ3n) is 20.4. The molecule has 6 nitrogen and oxygen atoms in total. The van der Waals surface area contributed by atoms with Gasteiger partial charge >= 0.3 is 0 Å². The summed E-state index contributed by atoms with van der Waals surface area (Å²) in [5.41, 5.74) is 18.3. The monoisotopic (exact) mass is 1510 g/mol. The Kier molecular flexibility index (Phi) is 31.3. The van der Waals surface area contributed by atoms with Gasteiger partial charge in [0.05, 0.1) is 33.6 Å². The Balaban J connectivity index is 0.000000449. The third-order valence-corrected chi connectivity index (χ3v) is 20.4. The van der Waals surface area contributed by atoms with E-state index >= 15 is 0 Å². The van der Waals surface area contributed by atoms with Gasteiger partial charge in [0.15, 0.2) is 0 Å². The Morgan fingerprint density at radius 2 is 0.436 bits per heavy atom. The molecule has 0 aliphatic carbocycles. The molecule has 0 atom stereocenters. The molecule has 0 heterocycles. The van der Waals surface area contributed by atoms with Crippen LogP contribution in [0.5, 0.6) is 0 Å². The zero-order valence-electron chi connectivity index (χ0n) is 79.7. The zero-order valence-corrected chi connectivity index (χ0v) is 79.7. The number of aliphatic hydroxyl groups is 6. The van der Waals surface area contributed by atoms with E-state index in [4.69, 9.17) is 0 Å². The smallest absolute Gasteiger partial charge is 0.0849 e. The van der Waals surface area contributed by atoms with Crippen LogP contribution in [0.2, 0.25) is 0 Å².